The fourth-order valence-electron chi connectivity index (χ4n) is 4.63. The van der Waals surface area contributed by atoms with Crippen molar-refractivity contribution in [2.45, 2.75) is 27.7 Å². The lowest BCUT2D eigenvalue weighted by Gasteiger charge is -2.27. The van der Waals surface area contributed by atoms with Gasteiger partial charge in [-0.25, -0.2) is 14.7 Å². The van der Waals surface area contributed by atoms with Gasteiger partial charge in [-0.1, -0.05) is 32.0 Å². The average Bonchev–Trinajstić information content (AvgIpc) is 3.02. The summed E-state index contributed by atoms with van der Waals surface area (Å²) in [5.74, 6) is 2.19. The van der Waals surface area contributed by atoms with Gasteiger partial charge in [-0.05, 0) is 74.5 Å². The number of carbonyl (C=O) groups is 1. The van der Waals surface area contributed by atoms with E-state index in [1.165, 1.54) is 17.2 Å². The van der Waals surface area contributed by atoms with Crippen LogP contribution in [0.25, 0.3) is 0 Å². The quantitative estimate of drug-likeness (QED) is 0.179. The number of benzene rings is 3. The molecule has 1 aromatic heterocycles. The number of anilines is 4. The number of ether oxygens (including phenoxy) is 4. The molecule has 0 aliphatic carbocycles. The lowest BCUT2D eigenvalue weighted by atomic mass is 10.1. The number of aromatic nitrogens is 2. The zero-order valence-corrected chi connectivity index (χ0v) is 25.6. The van der Waals surface area contributed by atoms with Crippen LogP contribution in [0.1, 0.15) is 25.0 Å². The third-order valence-corrected chi connectivity index (χ3v) is 6.98. The van der Waals surface area contributed by atoms with Gasteiger partial charge < -0.3 is 29.2 Å². The van der Waals surface area contributed by atoms with Gasteiger partial charge in [0.1, 0.15) is 23.9 Å². The predicted molar refractivity (Wildman–Crippen MR) is 169 cm³/mol. The first-order chi connectivity index (χ1) is 20.9. The molecule has 1 amide bonds. The molecule has 3 aromatic carbocycles. The standard InChI is InChI=1S/C33H39N5O5/c1-7-37(8-2)20-21-42-26-14-12-25(13-15-26)35-32-34-19-18-30(36-32)43-33(39)38(31-23(3)10-9-11-24(31)4)28-17-16-27(40-5)22-29(28)41-6/h9-19,22H,7-8,20-21H2,1-6H3,(H,34,35,36). The number of para-hydroxylation sites is 1. The van der Waals surface area contributed by atoms with E-state index in [0.29, 0.717) is 29.5 Å². The first kappa shape index (κ1) is 31.1. The van der Waals surface area contributed by atoms with Crippen LogP contribution in [-0.4, -0.2) is 61.4 Å². The lowest BCUT2D eigenvalue weighted by Crippen LogP contribution is -2.31. The molecule has 1 heterocycles. The number of likely N-dealkylation sites (N-methyl/N-ethyl adjacent to an activating group) is 1. The molecule has 0 aliphatic heterocycles. The van der Waals surface area contributed by atoms with Crippen molar-refractivity contribution < 1.29 is 23.7 Å². The number of nitrogens with one attached hydrogen (secondary N) is 1. The highest BCUT2D eigenvalue weighted by atomic mass is 16.6. The normalized spacial score (nSPS) is 10.8. The Kier molecular flexibility index (Phi) is 10.8. The summed E-state index contributed by atoms with van der Waals surface area (Å²) in [4.78, 5) is 26.3. The molecule has 0 atom stereocenters. The molecule has 0 bridgehead atoms. The highest BCUT2D eigenvalue weighted by Crippen LogP contribution is 2.39. The smallest absolute Gasteiger partial charge is 0.425 e. The van der Waals surface area contributed by atoms with Gasteiger partial charge >= 0.3 is 6.09 Å². The Labute approximate surface area is 253 Å². The molecule has 1 N–H and O–H groups in total. The molecule has 43 heavy (non-hydrogen) atoms. The number of amides is 1. The molecule has 0 fully saturated rings. The summed E-state index contributed by atoms with van der Waals surface area (Å²) in [5, 5.41) is 3.15. The SMILES string of the molecule is CCN(CC)CCOc1ccc(Nc2nccc(OC(=O)N(c3ccc(OC)cc3OC)c3c(C)cccc3C)n2)cc1. The fraction of sp³-hybridized carbons (Fsp3) is 0.303. The van der Waals surface area contributed by atoms with Crippen LogP contribution >= 0.6 is 0 Å². The largest absolute Gasteiger partial charge is 0.497 e. The zero-order chi connectivity index (χ0) is 30.8. The van der Waals surface area contributed by atoms with Crippen molar-refractivity contribution in [1.29, 1.82) is 0 Å². The monoisotopic (exact) mass is 585 g/mol. The molecule has 4 rings (SSSR count). The van der Waals surface area contributed by atoms with Gasteiger partial charge in [0, 0.05) is 30.6 Å². The number of aryl methyl sites for hydroxylation is 2. The Bertz CT molecular complexity index is 1490. The van der Waals surface area contributed by atoms with Crippen LogP contribution < -0.4 is 29.2 Å². The summed E-state index contributed by atoms with van der Waals surface area (Å²) in [6.45, 7) is 11.6. The van der Waals surface area contributed by atoms with E-state index in [1.807, 2.05) is 56.3 Å². The van der Waals surface area contributed by atoms with Crippen molar-refractivity contribution in [2.24, 2.45) is 0 Å². The number of nitrogens with zero attached hydrogens (tertiary/aromatic N) is 4. The van der Waals surface area contributed by atoms with E-state index in [-0.39, 0.29) is 11.8 Å². The first-order valence-electron chi connectivity index (χ1n) is 14.2. The van der Waals surface area contributed by atoms with Crippen LogP contribution in [0.5, 0.6) is 23.1 Å². The maximum absolute atomic E-state index is 13.8. The van der Waals surface area contributed by atoms with Crippen LogP contribution in [0.4, 0.5) is 27.8 Å². The van der Waals surface area contributed by atoms with Crippen molar-refractivity contribution in [3.63, 3.8) is 0 Å². The van der Waals surface area contributed by atoms with Gasteiger partial charge in [0.15, 0.2) is 0 Å². The topological polar surface area (TPSA) is 98.3 Å². The molecule has 0 unspecified atom stereocenters. The third-order valence-electron chi connectivity index (χ3n) is 6.98. The first-order valence-corrected chi connectivity index (χ1v) is 14.2. The van der Waals surface area contributed by atoms with Crippen LogP contribution in [0, 0.1) is 13.8 Å². The number of carbonyl (C=O) groups excluding carboxylic acids is 1. The van der Waals surface area contributed by atoms with Crippen molar-refractivity contribution >= 4 is 29.1 Å². The van der Waals surface area contributed by atoms with Gasteiger partial charge in [-0.3, -0.25) is 0 Å². The molecule has 10 nitrogen and oxygen atoms in total. The van der Waals surface area contributed by atoms with E-state index < -0.39 is 6.09 Å². The Morgan fingerprint density at radius 2 is 1.58 bits per heavy atom. The second-order valence-electron chi connectivity index (χ2n) is 9.72. The predicted octanol–water partition coefficient (Wildman–Crippen LogP) is 6.91. The lowest BCUT2D eigenvalue weighted by molar-refractivity contribution is 0.208. The number of hydrogen-bond donors (Lipinski definition) is 1. The van der Waals surface area contributed by atoms with E-state index >= 15 is 0 Å². The Hall–Kier alpha value is -4.83. The molecular formula is C33H39N5O5. The molecule has 0 aliphatic rings. The van der Waals surface area contributed by atoms with Gasteiger partial charge in [-0.15, -0.1) is 0 Å². The summed E-state index contributed by atoms with van der Waals surface area (Å²) >= 11 is 0. The van der Waals surface area contributed by atoms with Crippen molar-refractivity contribution in [2.75, 3.05) is 50.7 Å². The number of rotatable bonds is 13. The van der Waals surface area contributed by atoms with E-state index in [2.05, 4.69) is 34.0 Å². The molecule has 10 heteroatoms. The van der Waals surface area contributed by atoms with E-state index in [1.54, 1.807) is 32.4 Å². The molecule has 0 spiro atoms. The summed E-state index contributed by atoms with van der Waals surface area (Å²) in [6.07, 6.45) is 0.872. The van der Waals surface area contributed by atoms with E-state index in [4.69, 9.17) is 18.9 Å². The molecule has 0 saturated carbocycles. The Balaban J connectivity index is 1.52. The second-order valence-corrected chi connectivity index (χ2v) is 9.72. The van der Waals surface area contributed by atoms with Crippen molar-refractivity contribution in [1.82, 2.24) is 14.9 Å². The van der Waals surface area contributed by atoms with Gasteiger partial charge in [0.05, 0.1) is 25.6 Å². The summed E-state index contributed by atoms with van der Waals surface area (Å²) in [7, 11) is 3.11. The fourth-order valence-corrected chi connectivity index (χ4v) is 4.63. The summed E-state index contributed by atoms with van der Waals surface area (Å²) in [5.41, 5.74) is 3.72. The van der Waals surface area contributed by atoms with Crippen molar-refractivity contribution in [3.8, 4) is 23.1 Å². The minimum absolute atomic E-state index is 0.0857. The van der Waals surface area contributed by atoms with Crippen LogP contribution in [0.3, 0.4) is 0 Å². The molecule has 0 radical (unpaired) electrons. The number of methoxy groups -OCH3 is 2. The van der Waals surface area contributed by atoms with Crippen molar-refractivity contribution in [3.05, 3.63) is 84.1 Å². The third kappa shape index (κ3) is 7.92. The Morgan fingerprint density at radius 3 is 2.23 bits per heavy atom. The number of hydrogen-bond acceptors (Lipinski definition) is 9. The highest BCUT2D eigenvalue weighted by Gasteiger charge is 2.27. The maximum Gasteiger partial charge on any atom is 0.425 e. The van der Waals surface area contributed by atoms with Crippen LogP contribution in [0.2, 0.25) is 0 Å². The molecule has 0 saturated heterocycles. The van der Waals surface area contributed by atoms with E-state index in [9.17, 15) is 4.79 Å². The van der Waals surface area contributed by atoms with Crippen LogP contribution in [-0.2, 0) is 0 Å². The maximum atomic E-state index is 13.8. The van der Waals surface area contributed by atoms with E-state index in [0.717, 1.165) is 42.2 Å². The molecule has 226 valence electrons. The minimum Gasteiger partial charge on any atom is -0.497 e. The van der Waals surface area contributed by atoms with Gasteiger partial charge in [-0.2, -0.15) is 4.98 Å². The average molecular weight is 586 g/mol. The molecule has 4 aromatic rings. The Morgan fingerprint density at radius 1 is 0.884 bits per heavy atom. The van der Waals surface area contributed by atoms with Gasteiger partial charge in [0.25, 0.3) is 0 Å². The summed E-state index contributed by atoms with van der Waals surface area (Å²) in [6, 6.07) is 20.1. The second kappa shape index (κ2) is 14.9. The highest BCUT2D eigenvalue weighted by molar-refractivity contribution is 6.00. The summed E-state index contributed by atoms with van der Waals surface area (Å²) < 4.78 is 22.7. The zero-order valence-electron chi connectivity index (χ0n) is 25.6. The molecular weight excluding hydrogens is 546 g/mol. The minimum atomic E-state index is -0.656. The van der Waals surface area contributed by atoms with Crippen LogP contribution in [0.15, 0.2) is 72.9 Å². The van der Waals surface area contributed by atoms with Gasteiger partial charge in [0.2, 0.25) is 11.8 Å².